The van der Waals surface area contributed by atoms with E-state index in [0.29, 0.717) is 37.8 Å². The number of carbonyl (C=O) groups is 1. The summed E-state index contributed by atoms with van der Waals surface area (Å²) in [7, 11) is 0. The number of nitrogens with two attached hydrogens (primary N) is 1. The summed E-state index contributed by atoms with van der Waals surface area (Å²) in [6.45, 7) is 5.06. The zero-order valence-corrected chi connectivity index (χ0v) is 16.1. The Morgan fingerprint density at radius 2 is 1.89 bits per heavy atom. The van der Waals surface area contributed by atoms with Crippen molar-refractivity contribution in [3.8, 4) is 0 Å². The topological polar surface area (TPSA) is 52.8 Å². The van der Waals surface area contributed by atoms with Crippen molar-refractivity contribution in [2.24, 2.45) is 5.73 Å². The van der Waals surface area contributed by atoms with Gasteiger partial charge in [-0.1, -0.05) is 6.07 Å². The number of benzene rings is 1. The number of anilines is 1. The number of piperazine rings is 1. The van der Waals surface area contributed by atoms with E-state index < -0.39 is 11.7 Å². The molecule has 2 aliphatic rings. The van der Waals surface area contributed by atoms with Crippen LogP contribution in [0.25, 0.3) is 0 Å². The van der Waals surface area contributed by atoms with Crippen molar-refractivity contribution in [3.63, 3.8) is 0 Å². The van der Waals surface area contributed by atoms with E-state index in [1.165, 1.54) is 12.1 Å². The third kappa shape index (κ3) is 5.17. The number of piperidine rings is 1. The lowest BCUT2D eigenvalue weighted by molar-refractivity contribution is -0.137. The standard InChI is InChI=1S/C20H29F3N4O/c21-20(22,23)16-4-1-5-17(14-16)25-10-12-26(13-11-25)18-6-3-9-27(15-18)19(28)7-2-8-24/h1,4-5,14,18H,2-3,6-13,15,24H2/t18-/m1/s1. The molecular weight excluding hydrogens is 369 g/mol. The minimum atomic E-state index is -4.32. The smallest absolute Gasteiger partial charge is 0.369 e. The van der Waals surface area contributed by atoms with E-state index in [1.54, 1.807) is 6.07 Å². The van der Waals surface area contributed by atoms with Gasteiger partial charge in [-0.3, -0.25) is 9.69 Å². The molecule has 0 bridgehead atoms. The Labute approximate surface area is 164 Å². The molecule has 0 unspecified atom stereocenters. The molecule has 0 aromatic heterocycles. The van der Waals surface area contributed by atoms with Gasteiger partial charge in [-0.15, -0.1) is 0 Å². The third-order valence-corrected chi connectivity index (χ3v) is 5.71. The monoisotopic (exact) mass is 398 g/mol. The van der Waals surface area contributed by atoms with Crippen molar-refractivity contribution < 1.29 is 18.0 Å². The molecule has 0 saturated carbocycles. The molecule has 2 heterocycles. The highest BCUT2D eigenvalue weighted by molar-refractivity contribution is 5.76. The van der Waals surface area contributed by atoms with Crippen LogP contribution in [0.5, 0.6) is 0 Å². The van der Waals surface area contributed by atoms with Gasteiger partial charge in [0.2, 0.25) is 5.91 Å². The Morgan fingerprint density at radius 1 is 1.14 bits per heavy atom. The molecular formula is C20H29F3N4O. The van der Waals surface area contributed by atoms with Gasteiger partial charge in [0.25, 0.3) is 0 Å². The fourth-order valence-electron chi connectivity index (χ4n) is 4.11. The van der Waals surface area contributed by atoms with Crippen LogP contribution in [-0.2, 0) is 11.0 Å². The third-order valence-electron chi connectivity index (χ3n) is 5.71. The molecule has 2 fully saturated rings. The average molecular weight is 398 g/mol. The first-order chi connectivity index (χ1) is 13.4. The van der Waals surface area contributed by atoms with E-state index in [4.69, 9.17) is 5.73 Å². The predicted molar refractivity (Wildman–Crippen MR) is 103 cm³/mol. The van der Waals surface area contributed by atoms with Gasteiger partial charge in [0, 0.05) is 57.4 Å². The molecule has 3 rings (SSSR count). The van der Waals surface area contributed by atoms with E-state index in [1.807, 2.05) is 9.80 Å². The van der Waals surface area contributed by atoms with Crippen LogP contribution in [0.2, 0.25) is 0 Å². The van der Waals surface area contributed by atoms with Gasteiger partial charge in [0.05, 0.1) is 5.56 Å². The lowest BCUT2D eigenvalue weighted by Crippen LogP contribution is -2.55. The van der Waals surface area contributed by atoms with Crippen molar-refractivity contribution in [2.75, 3.05) is 50.7 Å². The quantitative estimate of drug-likeness (QED) is 0.828. The van der Waals surface area contributed by atoms with Gasteiger partial charge in [-0.2, -0.15) is 13.2 Å². The average Bonchev–Trinajstić information content (AvgIpc) is 2.71. The van der Waals surface area contributed by atoms with Crippen LogP contribution < -0.4 is 10.6 Å². The molecule has 1 aromatic carbocycles. The summed E-state index contributed by atoms with van der Waals surface area (Å²) < 4.78 is 38.9. The molecule has 0 radical (unpaired) electrons. The SMILES string of the molecule is NCCCC(=O)N1CCC[C@@H](N2CCN(c3cccc(C(F)(F)F)c3)CC2)C1. The summed E-state index contributed by atoms with van der Waals surface area (Å²) in [5, 5.41) is 0. The Bertz CT molecular complexity index is 659. The Balaban J connectivity index is 1.54. The maximum Gasteiger partial charge on any atom is 0.416 e. The van der Waals surface area contributed by atoms with E-state index in [2.05, 4.69) is 4.90 Å². The molecule has 0 spiro atoms. The predicted octanol–water partition coefficient (Wildman–Crippen LogP) is 2.56. The number of nitrogens with zero attached hydrogens (tertiary/aromatic N) is 3. The minimum Gasteiger partial charge on any atom is -0.369 e. The highest BCUT2D eigenvalue weighted by atomic mass is 19.4. The van der Waals surface area contributed by atoms with Crippen LogP contribution >= 0.6 is 0 Å². The number of alkyl halides is 3. The zero-order chi connectivity index (χ0) is 20.1. The first-order valence-electron chi connectivity index (χ1n) is 10.0. The molecule has 5 nitrogen and oxygen atoms in total. The normalized spacial score (nSPS) is 21.8. The van der Waals surface area contributed by atoms with E-state index in [-0.39, 0.29) is 5.91 Å². The van der Waals surface area contributed by atoms with Crippen molar-refractivity contribution in [3.05, 3.63) is 29.8 Å². The van der Waals surface area contributed by atoms with E-state index in [0.717, 1.165) is 51.5 Å². The largest absolute Gasteiger partial charge is 0.416 e. The molecule has 1 atom stereocenters. The first kappa shape index (κ1) is 20.9. The number of carbonyl (C=O) groups excluding carboxylic acids is 1. The molecule has 2 aliphatic heterocycles. The molecule has 2 N–H and O–H groups in total. The van der Waals surface area contributed by atoms with Crippen molar-refractivity contribution >= 4 is 11.6 Å². The zero-order valence-electron chi connectivity index (χ0n) is 16.1. The summed E-state index contributed by atoms with van der Waals surface area (Å²) in [6, 6.07) is 5.88. The second kappa shape index (κ2) is 9.13. The second-order valence-corrected chi connectivity index (χ2v) is 7.60. The number of halogens is 3. The molecule has 156 valence electrons. The van der Waals surface area contributed by atoms with Crippen LogP contribution in [0, 0.1) is 0 Å². The van der Waals surface area contributed by atoms with Gasteiger partial charge in [-0.05, 0) is 44.0 Å². The Morgan fingerprint density at radius 3 is 2.57 bits per heavy atom. The van der Waals surface area contributed by atoms with Gasteiger partial charge >= 0.3 is 6.18 Å². The van der Waals surface area contributed by atoms with Gasteiger partial charge in [-0.25, -0.2) is 0 Å². The molecule has 2 saturated heterocycles. The van der Waals surface area contributed by atoms with E-state index >= 15 is 0 Å². The molecule has 0 aliphatic carbocycles. The lowest BCUT2D eigenvalue weighted by Gasteiger charge is -2.44. The Hall–Kier alpha value is -1.80. The maximum atomic E-state index is 13.0. The lowest BCUT2D eigenvalue weighted by atomic mass is 10.0. The summed E-state index contributed by atoms with van der Waals surface area (Å²) in [6.07, 6.45) is -1.04. The van der Waals surface area contributed by atoms with Crippen LogP contribution in [0.15, 0.2) is 24.3 Å². The van der Waals surface area contributed by atoms with Crippen molar-refractivity contribution in [2.45, 2.75) is 37.9 Å². The van der Waals surface area contributed by atoms with Gasteiger partial charge in [0.1, 0.15) is 0 Å². The Kier molecular flexibility index (Phi) is 6.82. The van der Waals surface area contributed by atoms with Crippen LogP contribution in [-0.4, -0.2) is 67.6 Å². The minimum absolute atomic E-state index is 0.178. The fourth-order valence-corrected chi connectivity index (χ4v) is 4.11. The highest BCUT2D eigenvalue weighted by Gasteiger charge is 2.32. The van der Waals surface area contributed by atoms with Crippen molar-refractivity contribution in [1.29, 1.82) is 0 Å². The maximum absolute atomic E-state index is 13.0. The number of hydrogen-bond donors (Lipinski definition) is 1. The van der Waals surface area contributed by atoms with E-state index in [9.17, 15) is 18.0 Å². The first-order valence-corrected chi connectivity index (χ1v) is 10.0. The van der Waals surface area contributed by atoms with Crippen LogP contribution in [0.3, 0.4) is 0 Å². The molecule has 8 heteroatoms. The highest BCUT2D eigenvalue weighted by Crippen LogP contribution is 2.32. The molecule has 1 amide bonds. The fraction of sp³-hybridized carbons (Fsp3) is 0.650. The summed E-state index contributed by atoms with van der Waals surface area (Å²) in [4.78, 5) is 18.6. The number of likely N-dealkylation sites (tertiary alicyclic amines) is 1. The summed E-state index contributed by atoms with van der Waals surface area (Å²) in [5.74, 6) is 0.178. The second-order valence-electron chi connectivity index (χ2n) is 7.60. The number of amides is 1. The summed E-state index contributed by atoms with van der Waals surface area (Å²) in [5.41, 5.74) is 5.52. The molecule has 1 aromatic rings. The number of hydrogen-bond acceptors (Lipinski definition) is 4. The van der Waals surface area contributed by atoms with Gasteiger partial charge in [0.15, 0.2) is 0 Å². The molecule has 28 heavy (non-hydrogen) atoms. The van der Waals surface area contributed by atoms with Gasteiger partial charge < -0.3 is 15.5 Å². The number of rotatable bonds is 5. The summed E-state index contributed by atoms with van der Waals surface area (Å²) >= 11 is 0. The van der Waals surface area contributed by atoms with Crippen LogP contribution in [0.4, 0.5) is 18.9 Å². The van der Waals surface area contributed by atoms with Crippen molar-refractivity contribution in [1.82, 2.24) is 9.80 Å². The van der Waals surface area contributed by atoms with Crippen LogP contribution in [0.1, 0.15) is 31.2 Å².